The van der Waals surface area contributed by atoms with Crippen LogP contribution in [0.15, 0.2) is 0 Å². The van der Waals surface area contributed by atoms with Gasteiger partial charge in [0.15, 0.2) is 0 Å². The second kappa shape index (κ2) is 6.55. The minimum absolute atomic E-state index is 0.521. The highest BCUT2D eigenvalue weighted by molar-refractivity contribution is 4.69. The second-order valence-corrected chi connectivity index (χ2v) is 7.04. The van der Waals surface area contributed by atoms with Crippen LogP contribution in [0.5, 0.6) is 0 Å². The Bertz CT molecular complexity index is 148. The molecule has 0 atom stereocenters. The van der Waals surface area contributed by atoms with E-state index in [1.165, 1.54) is 44.9 Å². The van der Waals surface area contributed by atoms with Crippen LogP contribution in [-0.2, 0) is 0 Å². The Morgan fingerprint density at radius 3 is 1.60 bits per heavy atom. The van der Waals surface area contributed by atoms with Crippen LogP contribution in [0.3, 0.4) is 0 Å². The molecule has 0 aromatic carbocycles. The predicted octanol–water partition coefficient (Wildman–Crippen LogP) is 5.81. The zero-order valence-electron chi connectivity index (χ0n) is 11.9. The van der Waals surface area contributed by atoms with Gasteiger partial charge in [0.05, 0.1) is 0 Å². The molecule has 15 heavy (non-hydrogen) atoms. The van der Waals surface area contributed by atoms with Crippen molar-refractivity contribution in [2.24, 2.45) is 10.8 Å². The normalized spacial score (nSPS) is 13.2. The van der Waals surface area contributed by atoms with Gasteiger partial charge in [0.25, 0.3) is 0 Å². The maximum Gasteiger partial charge on any atom is -0.0354 e. The van der Waals surface area contributed by atoms with E-state index < -0.39 is 0 Å². The fraction of sp³-hybridized carbons (Fsp3) is 1.00. The summed E-state index contributed by atoms with van der Waals surface area (Å²) in [6.45, 7) is 14.2. The summed E-state index contributed by atoms with van der Waals surface area (Å²) in [7, 11) is 0. The van der Waals surface area contributed by atoms with Gasteiger partial charge in [-0.05, 0) is 30.1 Å². The van der Waals surface area contributed by atoms with Crippen molar-refractivity contribution in [2.75, 3.05) is 0 Å². The SMILES string of the molecule is CCCCC(C)(C)CCCCC(C)(C)C. The van der Waals surface area contributed by atoms with E-state index in [1.807, 2.05) is 0 Å². The minimum atomic E-state index is 0.521. The van der Waals surface area contributed by atoms with Crippen LogP contribution in [-0.4, -0.2) is 0 Å². The molecule has 0 aromatic heterocycles. The first-order chi connectivity index (χ1) is 6.77. The lowest BCUT2D eigenvalue weighted by Crippen LogP contribution is -2.11. The highest BCUT2D eigenvalue weighted by Crippen LogP contribution is 2.31. The van der Waals surface area contributed by atoms with E-state index in [2.05, 4.69) is 41.5 Å². The van der Waals surface area contributed by atoms with Crippen molar-refractivity contribution in [1.29, 1.82) is 0 Å². The standard InChI is InChI=1S/C15H32/c1-7-8-12-15(5,6)13-10-9-11-14(2,3)4/h7-13H2,1-6H3. The number of hydrogen-bond donors (Lipinski definition) is 0. The molecule has 0 aliphatic rings. The summed E-state index contributed by atoms with van der Waals surface area (Å²) < 4.78 is 0. The molecule has 0 rings (SSSR count). The molecular weight excluding hydrogens is 180 g/mol. The molecule has 0 N–H and O–H groups in total. The summed E-state index contributed by atoms with van der Waals surface area (Å²) in [5.74, 6) is 0. The van der Waals surface area contributed by atoms with Gasteiger partial charge in [-0.2, -0.15) is 0 Å². The third-order valence-corrected chi connectivity index (χ3v) is 3.24. The molecule has 0 heterocycles. The summed E-state index contributed by atoms with van der Waals surface area (Å²) in [5.41, 5.74) is 1.10. The number of hydrogen-bond acceptors (Lipinski definition) is 0. The fourth-order valence-electron chi connectivity index (χ4n) is 2.04. The molecule has 0 nitrogen and oxygen atoms in total. The van der Waals surface area contributed by atoms with Gasteiger partial charge in [-0.3, -0.25) is 0 Å². The molecule has 0 aliphatic carbocycles. The summed E-state index contributed by atoms with van der Waals surface area (Å²) in [5, 5.41) is 0. The smallest absolute Gasteiger partial charge is 0.0354 e. The van der Waals surface area contributed by atoms with Crippen molar-refractivity contribution >= 4 is 0 Å². The van der Waals surface area contributed by atoms with E-state index in [0.717, 1.165) is 0 Å². The lowest BCUT2D eigenvalue weighted by atomic mass is 9.81. The molecule has 0 aromatic rings. The first-order valence-electron chi connectivity index (χ1n) is 6.77. The molecule has 0 unspecified atom stereocenters. The van der Waals surface area contributed by atoms with Crippen LogP contribution in [0.4, 0.5) is 0 Å². The van der Waals surface area contributed by atoms with Crippen LogP contribution >= 0.6 is 0 Å². The van der Waals surface area contributed by atoms with Crippen LogP contribution in [0.25, 0.3) is 0 Å². The van der Waals surface area contributed by atoms with Crippen molar-refractivity contribution in [3.63, 3.8) is 0 Å². The molecule has 0 saturated heterocycles. The highest BCUT2D eigenvalue weighted by Gasteiger charge is 2.17. The van der Waals surface area contributed by atoms with Crippen molar-refractivity contribution in [2.45, 2.75) is 86.5 Å². The van der Waals surface area contributed by atoms with Gasteiger partial charge in [-0.25, -0.2) is 0 Å². The monoisotopic (exact) mass is 212 g/mol. The molecule has 92 valence electrons. The Hall–Kier alpha value is 0. The van der Waals surface area contributed by atoms with Crippen molar-refractivity contribution < 1.29 is 0 Å². The van der Waals surface area contributed by atoms with E-state index in [0.29, 0.717) is 10.8 Å². The maximum atomic E-state index is 2.43. The van der Waals surface area contributed by atoms with Gasteiger partial charge in [0, 0.05) is 0 Å². The summed E-state index contributed by atoms with van der Waals surface area (Å²) in [4.78, 5) is 0. The van der Waals surface area contributed by atoms with Crippen LogP contribution < -0.4 is 0 Å². The van der Waals surface area contributed by atoms with Crippen LogP contribution in [0.1, 0.15) is 86.5 Å². The average Bonchev–Trinajstić information content (AvgIpc) is 2.08. The first-order valence-corrected chi connectivity index (χ1v) is 6.77. The molecule has 0 fully saturated rings. The number of rotatable bonds is 7. The topological polar surface area (TPSA) is 0 Å². The zero-order valence-corrected chi connectivity index (χ0v) is 11.9. The lowest BCUT2D eigenvalue weighted by molar-refractivity contribution is 0.272. The number of unbranched alkanes of at least 4 members (excludes halogenated alkanes) is 2. The fourth-order valence-corrected chi connectivity index (χ4v) is 2.04. The molecule has 0 spiro atoms. The van der Waals surface area contributed by atoms with Crippen molar-refractivity contribution in [3.05, 3.63) is 0 Å². The molecule has 0 bridgehead atoms. The van der Waals surface area contributed by atoms with E-state index in [1.54, 1.807) is 0 Å². The molecule has 0 radical (unpaired) electrons. The van der Waals surface area contributed by atoms with E-state index >= 15 is 0 Å². The van der Waals surface area contributed by atoms with E-state index in [-0.39, 0.29) is 0 Å². The quantitative estimate of drug-likeness (QED) is 0.467. The molecule has 0 aliphatic heterocycles. The van der Waals surface area contributed by atoms with E-state index in [9.17, 15) is 0 Å². The average molecular weight is 212 g/mol. The zero-order chi connectivity index (χ0) is 11.9. The molecule has 0 saturated carbocycles. The van der Waals surface area contributed by atoms with Gasteiger partial charge in [0.2, 0.25) is 0 Å². The Balaban J connectivity index is 3.57. The van der Waals surface area contributed by atoms with Gasteiger partial charge < -0.3 is 0 Å². The maximum absolute atomic E-state index is 2.43. The van der Waals surface area contributed by atoms with Crippen molar-refractivity contribution in [1.82, 2.24) is 0 Å². The molecule has 0 heteroatoms. The summed E-state index contributed by atoms with van der Waals surface area (Å²) in [6.07, 6.45) is 9.73. The molecular formula is C15H32. The largest absolute Gasteiger partial charge is 0.0654 e. The highest BCUT2D eigenvalue weighted by atomic mass is 14.2. The van der Waals surface area contributed by atoms with Crippen LogP contribution in [0.2, 0.25) is 0 Å². The first kappa shape index (κ1) is 15.0. The van der Waals surface area contributed by atoms with Gasteiger partial charge in [-0.15, -0.1) is 0 Å². The van der Waals surface area contributed by atoms with E-state index in [4.69, 9.17) is 0 Å². The lowest BCUT2D eigenvalue weighted by Gasteiger charge is -2.25. The van der Waals surface area contributed by atoms with Gasteiger partial charge in [0.1, 0.15) is 0 Å². The Labute approximate surface area is 97.8 Å². The predicted molar refractivity (Wildman–Crippen MR) is 71.2 cm³/mol. The van der Waals surface area contributed by atoms with Gasteiger partial charge >= 0.3 is 0 Å². The minimum Gasteiger partial charge on any atom is -0.0654 e. The third kappa shape index (κ3) is 10.3. The second-order valence-electron chi connectivity index (χ2n) is 7.04. The van der Waals surface area contributed by atoms with Crippen LogP contribution in [0, 0.1) is 10.8 Å². The van der Waals surface area contributed by atoms with Crippen molar-refractivity contribution in [3.8, 4) is 0 Å². The molecule has 0 amide bonds. The Morgan fingerprint density at radius 2 is 1.13 bits per heavy atom. The van der Waals surface area contributed by atoms with Gasteiger partial charge in [-0.1, -0.05) is 67.2 Å². The third-order valence-electron chi connectivity index (χ3n) is 3.24. The Morgan fingerprint density at radius 1 is 0.667 bits per heavy atom. The Kier molecular flexibility index (Phi) is 6.55. The summed E-state index contributed by atoms with van der Waals surface area (Å²) >= 11 is 0. The summed E-state index contributed by atoms with van der Waals surface area (Å²) in [6, 6.07) is 0.